The summed E-state index contributed by atoms with van der Waals surface area (Å²) in [5.74, 6) is 2.03. The summed E-state index contributed by atoms with van der Waals surface area (Å²) in [5, 5.41) is 3.69. The zero-order valence-corrected chi connectivity index (χ0v) is 18.5. The number of thioether (sulfide) groups is 1. The summed E-state index contributed by atoms with van der Waals surface area (Å²) in [6, 6.07) is 0. The van der Waals surface area contributed by atoms with Crippen LogP contribution in [0.25, 0.3) is 10.2 Å². The van der Waals surface area contributed by atoms with Crippen LogP contribution in [0.1, 0.15) is 41.9 Å². The largest absolute Gasteiger partial charge is 0.382 e. The van der Waals surface area contributed by atoms with Gasteiger partial charge < -0.3 is 19.8 Å². The molecule has 1 aliphatic carbocycles. The van der Waals surface area contributed by atoms with E-state index in [2.05, 4.69) is 15.3 Å². The number of aryl methyl sites for hydroxylation is 2. The van der Waals surface area contributed by atoms with Crippen LogP contribution in [-0.2, 0) is 32.9 Å². The number of H-pyrrole nitrogens is 1. The van der Waals surface area contributed by atoms with Gasteiger partial charge in [-0.25, -0.2) is 4.98 Å². The van der Waals surface area contributed by atoms with Gasteiger partial charge in [-0.2, -0.15) is 11.8 Å². The zero-order chi connectivity index (χ0) is 20.5. The van der Waals surface area contributed by atoms with Gasteiger partial charge >= 0.3 is 0 Å². The van der Waals surface area contributed by atoms with E-state index >= 15 is 0 Å². The van der Waals surface area contributed by atoms with Crippen molar-refractivity contribution in [2.24, 2.45) is 0 Å². The molecule has 3 rings (SSSR count). The van der Waals surface area contributed by atoms with E-state index in [0.29, 0.717) is 50.1 Å². The smallest absolute Gasteiger partial charge is 0.259 e. The molecule has 0 bridgehead atoms. The van der Waals surface area contributed by atoms with Crippen LogP contribution in [0.5, 0.6) is 0 Å². The fraction of sp³-hybridized carbons (Fsp3) is 0.650. The molecule has 0 aliphatic heterocycles. The van der Waals surface area contributed by atoms with Gasteiger partial charge in [-0.15, -0.1) is 11.3 Å². The number of amides is 1. The molecule has 0 saturated heterocycles. The van der Waals surface area contributed by atoms with Gasteiger partial charge in [-0.1, -0.05) is 0 Å². The van der Waals surface area contributed by atoms with E-state index < -0.39 is 0 Å². The second kappa shape index (κ2) is 11.7. The molecule has 160 valence electrons. The minimum Gasteiger partial charge on any atom is -0.382 e. The van der Waals surface area contributed by atoms with Gasteiger partial charge in [0.25, 0.3) is 5.56 Å². The van der Waals surface area contributed by atoms with Crippen molar-refractivity contribution >= 4 is 39.2 Å². The molecule has 2 heterocycles. The fourth-order valence-corrected chi connectivity index (χ4v) is 5.43. The van der Waals surface area contributed by atoms with Crippen LogP contribution in [0.15, 0.2) is 4.79 Å². The first-order chi connectivity index (χ1) is 14.2. The minimum absolute atomic E-state index is 0.0181. The molecule has 0 saturated carbocycles. The number of thiophene rings is 1. The lowest BCUT2D eigenvalue weighted by Gasteiger charge is -2.09. The van der Waals surface area contributed by atoms with Gasteiger partial charge in [-0.05, 0) is 37.7 Å². The standard InChI is InChI=1S/C20H29N3O4S2/c1-26-10-11-27-9-4-8-21-17(24)7-12-28-13-16-22-19(25)18-14-5-2-3-6-15(14)29-20(18)23-16/h2-13H2,1H3,(H,21,24)(H,22,23,25). The first-order valence-corrected chi connectivity index (χ1v) is 12.1. The lowest BCUT2D eigenvalue weighted by Crippen LogP contribution is -2.25. The Hall–Kier alpha value is -1.42. The monoisotopic (exact) mass is 439 g/mol. The zero-order valence-electron chi connectivity index (χ0n) is 16.9. The molecule has 9 heteroatoms. The van der Waals surface area contributed by atoms with Crippen molar-refractivity contribution in [1.82, 2.24) is 15.3 Å². The Kier molecular flexibility index (Phi) is 8.97. The number of rotatable bonds is 12. The molecule has 1 amide bonds. The number of nitrogens with one attached hydrogen (secondary N) is 2. The molecule has 0 spiro atoms. The molecule has 2 N–H and O–H groups in total. The normalized spacial score (nSPS) is 13.6. The molecule has 7 nitrogen and oxygen atoms in total. The predicted octanol–water partition coefficient (Wildman–Crippen LogP) is 2.66. The summed E-state index contributed by atoms with van der Waals surface area (Å²) in [6.45, 7) is 2.40. The quantitative estimate of drug-likeness (QED) is 0.494. The van der Waals surface area contributed by atoms with E-state index in [0.717, 1.165) is 35.9 Å². The molecular formula is C20H29N3O4S2. The second-order valence-electron chi connectivity index (χ2n) is 7.01. The van der Waals surface area contributed by atoms with Crippen LogP contribution >= 0.6 is 23.1 Å². The van der Waals surface area contributed by atoms with Crippen LogP contribution in [0.4, 0.5) is 0 Å². The van der Waals surface area contributed by atoms with E-state index in [-0.39, 0.29) is 11.5 Å². The van der Waals surface area contributed by atoms with Crippen molar-refractivity contribution in [2.45, 2.75) is 44.3 Å². The number of carbonyl (C=O) groups excluding carboxylic acids is 1. The van der Waals surface area contributed by atoms with E-state index in [1.165, 1.54) is 16.9 Å². The fourth-order valence-electron chi connectivity index (χ4n) is 3.35. The van der Waals surface area contributed by atoms with E-state index in [1.807, 2.05) is 0 Å². The van der Waals surface area contributed by atoms with Gasteiger partial charge in [0, 0.05) is 37.3 Å². The highest BCUT2D eigenvalue weighted by atomic mass is 32.2. The van der Waals surface area contributed by atoms with Crippen LogP contribution in [-0.4, -0.2) is 55.1 Å². The van der Waals surface area contributed by atoms with Crippen LogP contribution in [0, 0.1) is 0 Å². The Morgan fingerprint density at radius 2 is 2.14 bits per heavy atom. The number of aromatic amines is 1. The third kappa shape index (κ3) is 6.53. The van der Waals surface area contributed by atoms with Gasteiger partial charge in [0.15, 0.2) is 0 Å². The van der Waals surface area contributed by atoms with Crippen LogP contribution < -0.4 is 10.9 Å². The highest BCUT2D eigenvalue weighted by Gasteiger charge is 2.19. The summed E-state index contributed by atoms with van der Waals surface area (Å²) in [7, 11) is 1.64. The van der Waals surface area contributed by atoms with Crippen LogP contribution in [0.2, 0.25) is 0 Å². The number of carbonyl (C=O) groups is 1. The highest BCUT2D eigenvalue weighted by molar-refractivity contribution is 7.98. The average molecular weight is 440 g/mol. The number of hydrogen-bond acceptors (Lipinski definition) is 7. The van der Waals surface area contributed by atoms with Crippen molar-refractivity contribution in [2.75, 3.05) is 39.2 Å². The van der Waals surface area contributed by atoms with Crippen molar-refractivity contribution in [3.63, 3.8) is 0 Å². The van der Waals surface area contributed by atoms with Gasteiger partial charge in [0.2, 0.25) is 5.91 Å². The number of methoxy groups -OCH3 is 1. The minimum atomic E-state index is -0.0181. The predicted molar refractivity (Wildman–Crippen MR) is 118 cm³/mol. The number of hydrogen-bond donors (Lipinski definition) is 2. The molecular weight excluding hydrogens is 410 g/mol. The first-order valence-electron chi connectivity index (χ1n) is 10.1. The Morgan fingerprint density at radius 1 is 1.28 bits per heavy atom. The van der Waals surface area contributed by atoms with Gasteiger partial charge in [0.1, 0.15) is 10.7 Å². The summed E-state index contributed by atoms with van der Waals surface area (Å²) < 4.78 is 10.3. The Labute approximate surface area is 179 Å². The summed E-state index contributed by atoms with van der Waals surface area (Å²) in [6.07, 6.45) is 5.65. The summed E-state index contributed by atoms with van der Waals surface area (Å²) in [4.78, 5) is 34.2. The SMILES string of the molecule is COCCOCCCNC(=O)CCSCc1nc2sc3c(c2c(=O)[nH]1)CCCC3. The van der Waals surface area contributed by atoms with Crippen LogP contribution in [0.3, 0.4) is 0 Å². The average Bonchev–Trinajstić information content (AvgIpc) is 3.09. The third-order valence-corrected chi connectivity index (χ3v) is 6.96. The van der Waals surface area contributed by atoms with E-state index in [9.17, 15) is 9.59 Å². The molecule has 0 aromatic carbocycles. The maximum absolute atomic E-state index is 12.5. The lowest BCUT2D eigenvalue weighted by atomic mass is 9.97. The number of nitrogens with zero attached hydrogens (tertiary/aromatic N) is 1. The van der Waals surface area contributed by atoms with Crippen molar-refractivity contribution in [3.05, 3.63) is 26.6 Å². The Bertz CT molecular complexity index is 865. The molecule has 2 aromatic rings. The Balaban J connectivity index is 1.37. The van der Waals surface area contributed by atoms with Gasteiger partial charge in [0.05, 0.1) is 24.4 Å². The molecule has 1 aliphatic rings. The van der Waals surface area contributed by atoms with Crippen molar-refractivity contribution in [1.29, 1.82) is 0 Å². The number of aromatic nitrogens is 2. The Morgan fingerprint density at radius 3 is 3.00 bits per heavy atom. The lowest BCUT2D eigenvalue weighted by molar-refractivity contribution is -0.120. The van der Waals surface area contributed by atoms with E-state index in [4.69, 9.17) is 9.47 Å². The molecule has 0 fully saturated rings. The molecule has 0 unspecified atom stereocenters. The third-order valence-electron chi connectivity index (χ3n) is 4.81. The first kappa shape index (κ1) is 22.3. The second-order valence-corrected chi connectivity index (χ2v) is 9.20. The van der Waals surface area contributed by atoms with Crippen molar-refractivity contribution in [3.8, 4) is 0 Å². The topological polar surface area (TPSA) is 93.3 Å². The molecule has 0 atom stereocenters. The van der Waals surface area contributed by atoms with Crippen molar-refractivity contribution < 1.29 is 14.3 Å². The molecule has 0 radical (unpaired) electrons. The van der Waals surface area contributed by atoms with Gasteiger partial charge in [-0.3, -0.25) is 9.59 Å². The summed E-state index contributed by atoms with van der Waals surface area (Å²) in [5.41, 5.74) is 1.19. The summed E-state index contributed by atoms with van der Waals surface area (Å²) >= 11 is 3.28. The maximum atomic E-state index is 12.5. The molecule has 2 aromatic heterocycles. The number of ether oxygens (including phenoxy) is 2. The molecule has 29 heavy (non-hydrogen) atoms. The number of fused-ring (bicyclic) bond motifs is 3. The van der Waals surface area contributed by atoms with E-state index in [1.54, 1.807) is 30.2 Å². The maximum Gasteiger partial charge on any atom is 0.259 e. The highest BCUT2D eigenvalue weighted by Crippen LogP contribution is 2.33.